The number of amides is 1. The van der Waals surface area contributed by atoms with Crippen LogP contribution >= 0.6 is 0 Å². The monoisotopic (exact) mass is 353 g/mol. The van der Waals surface area contributed by atoms with E-state index in [1.54, 1.807) is 30.7 Å². The van der Waals surface area contributed by atoms with Crippen LogP contribution in [0.1, 0.15) is 16.1 Å². The maximum Gasteiger partial charge on any atom is 0.272 e. The molecular weight excluding hydrogens is 338 g/mol. The lowest BCUT2D eigenvalue weighted by molar-refractivity contribution is 0.0956. The molecule has 3 heterocycles. The number of carbonyl (C=O) groups excluding carboxylic acids is 1. The highest BCUT2D eigenvalue weighted by Crippen LogP contribution is 2.24. The fourth-order valence-electron chi connectivity index (χ4n) is 2.70. The zero-order valence-electron chi connectivity index (χ0n) is 14.3. The van der Waals surface area contributed by atoms with Gasteiger partial charge in [0.25, 0.3) is 5.91 Å². The van der Waals surface area contributed by atoms with E-state index < -0.39 is 0 Å². The Balaban J connectivity index is 1.69. The van der Waals surface area contributed by atoms with E-state index in [1.165, 1.54) is 6.21 Å². The van der Waals surface area contributed by atoms with Crippen molar-refractivity contribution in [2.45, 2.75) is 0 Å². The number of carbonyl (C=O) groups is 1. The van der Waals surface area contributed by atoms with Gasteiger partial charge in [-0.05, 0) is 36.4 Å². The molecule has 0 unspecified atom stereocenters. The number of hydrogen-bond acceptors (Lipinski definition) is 5. The Morgan fingerprint density at radius 2 is 1.78 bits per heavy atom. The molecule has 0 atom stereocenters. The third-order valence-electron chi connectivity index (χ3n) is 3.99. The largest absolute Gasteiger partial charge is 0.272 e. The van der Waals surface area contributed by atoms with Crippen molar-refractivity contribution in [1.29, 1.82) is 0 Å². The van der Waals surface area contributed by atoms with E-state index in [0.717, 1.165) is 16.5 Å². The fraction of sp³-hybridized carbons (Fsp3) is 0. The van der Waals surface area contributed by atoms with Crippen molar-refractivity contribution in [3.05, 3.63) is 90.5 Å². The maximum absolute atomic E-state index is 12.7. The zero-order valence-corrected chi connectivity index (χ0v) is 14.3. The topological polar surface area (TPSA) is 80.1 Å². The Morgan fingerprint density at radius 1 is 0.963 bits per heavy atom. The van der Waals surface area contributed by atoms with Crippen LogP contribution in [0.2, 0.25) is 0 Å². The summed E-state index contributed by atoms with van der Waals surface area (Å²) in [7, 11) is 0. The van der Waals surface area contributed by atoms with Gasteiger partial charge >= 0.3 is 0 Å². The van der Waals surface area contributed by atoms with Crippen molar-refractivity contribution < 1.29 is 4.79 Å². The molecule has 0 aliphatic rings. The Morgan fingerprint density at radius 3 is 2.59 bits per heavy atom. The standard InChI is InChI=1S/C21H15N5O/c27-21(26-24-14-16-5-3-4-10-23-16)18-13-20(15-8-11-22-12-9-15)25-19-7-2-1-6-17(18)19/h1-14H,(H,26,27). The quantitative estimate of drug-likeness (QED) is 0.450. The van der Waals surface area contributed by atoms with Gasteiger partial charge in [0.15, 0.2) is 0 Å². The van der Waals surface area contributed by atoms with E-state index in [2.05, 4.69) is 25.5 Å². The fourth-order valence-corrected chi connectivity index (χ4v) is 2.70. The smallest absolute Gasteiger partial charge is 0.267 e. The van der Waals surface area contributed by atoms with E-state index >= 15 is 0 Å². The highest BCUT2D eigenvalue weighted by atomic mass is 16.2. The van der Waals surface area contributed by atoms with Crippen molar-refractivity contribution in [2.24, 2.45) is 5.10 Å². The third kappa shape index (κ3) is 3.69. The minimum atomic E-state index is -0.309. The van der Waals surface area contributed by atoms with Gasteiger partial charge in [0.1, 0.15) is 0 Å². The lowest BCUT2D eigenvalue weighted by atomic mass is 10.0. The van der Waals surface area contributed by atoms with E-state index in [1.807, 2.05) is 48.5 Å². The van der Waals surface area contributed by atoms with Crippen LogP contribution in [0.25, 0.3) is 22.2 Å². The molecule has 6 heteroatoms. The lowest BCUT2D eigenvalue weighted by Crippen LogP contribution is -2.18. The number of benzene rings is 1. The second-order valence-electron chi connectivity index (χ2n) is 5.76. The minimum Gasteiger partial charge on any atom is -0.267 e. The first-order valence-corrected chi connectivity index (χ1v) is 8.36. The average molecular weight is 353 g/mol. The lowest BCUT2D eigenvalue weighted by Gasteiger charge is -2.08. The number of fused-ring (bicyclic) bond motifs is 1. The molecule has 0 saturated heterocycles. The molecule has 3 aromatic heterocycles. The summed E-state index contributed by atoms with van der Waals surface area (Å²) in [5, 5.41) is 4.77. The summed E-state index contributed by atoms with van der Waals surface area (Å²) in [5.41, 5.74) is 6.07. The number of hydrogen-bond donors (Lipinski definition) is 1. The molecule has 6 nitrogen and oxygen atoms in total. The van der Waals surface area contributed by atoms with Gasteiger partial charge in [0, 0.05) is 29.5 Å². The second kappa shape index (κ2) is 7.53. The summed E-state index contributed by atoms with van der Waals surface area (Å²) in [6, 6.07) is 18.5. The highest BCUT2D eigenvalue weighted by molar-refractivity contribution is 6.07. The van der Waals surface area contributed by atoms with Crippen LogP contribution < -0.4 is 5.43 Å². The van der Waals surface area contributed by atoms with E-state index in [9.17, 15) is 4.79 Å². The molecule has 0 radical (unpaired) electrons. The van der Waals surface area contributed by atoms with E-state index in [-0.39, 0.29) is 5.91 Å². The molecule has 0 aliphatic carbocycles. The number of pyridine rings is 3. The maximum atomic E-state index is 12.7. The molecule has 0 aliphatic heterocycles. The Bertz CT molecular complexity index is 1110. The summed E-state index contributed by atoms with van der Waals surface area (Å²) < 4.78 is 0. The molecule has 1 aromatic carbocycles. The molecule has 27 heavy (non-hydrogen) atoms. The summed E-state index contributed by atoms with van der Waals surface area (Å²) in [6.45, 7) is 0. The van der Waals surface area contributed by atoms with Gasteiger partial charge < -0.3 is 0 Å². The number of rotatable bonds is 4. The average Bonchev–Trinajstić information content (AvgIpc) is 2.74. The molecule has 4 rings (SSSR count). The highest BCUT2D eigenvalue weighted by Gasteiger charge is 2.13. The normalized spacial score (nSPS) is 11.0. The summed E-state index contributed by atoms with van der Waals surface area (Å²) >= 11 is 0. The van der Waals surface area contributed by atoms with Crippen molar-refractivity contribution in [2.75, 3.05) is 0 Å². The van der Waals surface area contributed by atoms with Crippen molar-refractivity contribution in [3.8, 4) is 11.3 Å². The van der Waals surface area contributed by atoms with E-state index in [4.69, 9.17) is 0 Å². The molecule has 0 bridgehead atoms. The number of nitrogens with one attached hydrogen (secondary N) is 1. The summed E-state index contributed by atoms with van der Waals surface area (Å²) in [5.74, 6) is -0.309. The molecular formula is C21H15N5O. The number of nitrogens with zero attached hydrogens (tertiary/aromatic N) is 4. The van der Waals surface area contributed by atoms with Gasteiger partial charge in [0.2, 0.25) is 0 Å². The van der Waals surface area contributed by atoms with Crippen LogP contribution in [0, 0.1) is 0 Å². The molecule has 130 valence electrons. The van der Waals surface area contributed by atoms with Crippen LogP contribution in [0.5, 0.6) is 0 Å². The minimum absolute atomic E-state index is 0.309. The van der Waals surface area contributed by atoms with Gasteiger partial charge in [-0.2, -0.15) is 5.10 Å². The Labute approximate surface area is 155 Å². The van der Waals surface area contributed by atoms with Crippen molar-refractivity contribution in [1.82, 2.24) is 20.4 Å². The van der Waals surface area contributed by atoms with Gasteiger partial charge in [-0.15, -0.1) is 0 Å². The van der Waals surface area contributed by atoms with E-state index in [0.29, 0.717) is 17.0 Å². The number of para-hydroxylation sites is 1. The van der Waals surface area contributed by atoms with Crippen LogP contribution in [0.4, 0.5) is 0 Å². The molecule has 0 saturated carbocycles. The van der Waals surface area contributed by atoms with Crippen molar-refractivity contribution >= 4 is 23.0 Å². The van der Waals surface area contributed by atoms with Gasteiger partial charge in [-0.25, -0.2) is 10.4 Å². The van der Waals surface area contributed by atoms with Crippen molar-refractivity contribution in [3.63, 3.8) is 0 Å². The van der Waals surface area contributed by atoms with Crippen LogP contribution in [-0.4, -0.2) is 27.1 Å². The Kier molecular flexibility index (Phi) is 4.61. The first-order valence-electron chi connectivity index (χ1n) is 8.36. The predicted molar refractivity (Wildman–Crippen MR) is 104 cm³/mol. The molecule has 4 aromatic rings. The van der Waals surface area contributed by atoms with Crippen LogP contribution in [-0.2, 0) is 0 Å². The molecule has 1 amide bonds. The number of aromatic nitrogens is 3. The van der Waals surface area contributed by atoms with Crippen LogP contribution in [0.15, 0.2) is 84.4 Å². The first-order chi connectivity index (χ1) is 13.3. The summed E-state index contributed by atoms with van der Waals surface area (Å²) in [6.07, 6.45) is 6.57. The second-order valence-corrected chi connectivity index (χ2v) is 5.76. The first kappa shape index (κ1) is 16.5. The molecule has 0 fully saturated rings. The number of hydrazone groups is 1. The van der Waals surface area contributed by atoms with Crippen LogP contribution in [0.3, 0.4) is 0 Å². The van der Waals surface area contributed by atoms with Gasteiger partial charge in [0.05, 0.1) is 28.7 Å². The summed E-state index contributed by atoms with van der Waals surface area (Å²) in [4.78, 5) is 25.6. The molecule has 1 N–H and O–H groups in total. The zero-order chi connectivity index (χ0) is 18.5. The SMILES string of the molecule is O=C(NN=Cc1ccccn1)c1cc(-c2ccncc2)nc2ccccc12. The molecule has 0 spiro atoms. The Hall–Kier alpha value is -3.93. The third-order valence-corrected chi connectivity index (χ3v) is 3.99. The van der Waals surface area contributed by atoms with Gasteiger partial charge in [-0.1, -0.05) is 24.3 Å². The van der Waals surface area contributed by atoms with Gasteiger partial charge in [-0.3, -0.25) is 14.8 Å². The predicted octanol–water partition coefficient (Wildman–Crippen LogP) is 3.46.